The lowest BCUT2D eigenvalue weighted by atomic mass is 10.1. The van der Waals surface area contributed by atoms with Gasteiger partial charge in [0.05, 0.1) is 6.17 Å². The minimum absolute atomic E-state index is 0.563. The van der Waals surface area contributed by atoms with Gasteiger partial charge in [0.2, 0.25) is 0 Å². The lowest BCUT2D eigenvalue weighted by Crippen LogP contribution is -2.53. The van der Waals surface area contributed by atoms with Crippen molar-refractivity contribution in [3.05, 3.63) is 12.2 Å². The van der Waals surface area contributed by atoms with Gasteiger partial charge in [-0.25, -0.2) is 0 Å². The van der Waals surface area contributed by atoms with Gasteiger partial charge in [0, 0.05) is 12.1 Å². The summed E-state index contributed by atoms with van der Waals surface area (Å²) in [6.07, 6.45) is 20.5. The van der Waals surface area contributed by atoms with Crippen LogP contribution in [0.25, 0.3) is 0 Å². The van der Waals surface area contributed by atoms with E-state index in [9.17, 15) is 0 Å². The Kier molecular flexibility index (Phi) is 17.5. The number of rotatable bonds is 18. The number of unbranched alkanes of at least 4 members (excludes halogenated alkanes) is 8. The third-order valence-electron chi connectivity index (χ3n) is 5.81. The normalized spacial score (nSPS) is 12.7. The van der Waals surface area contributed by atoms with E-state index in [0.29, 0.717) is 18.2 Å². The molecule has 0 aliphatic carbocycles. The first-order valence-electron chi connectivity index (χ1n) is 12.2. The molecule has 0 fully saturated rings. The standard InChI is InChI=1S/C25H52N2/c1-8-11-12-13-14-15-16-17-18-19-20-21-22-25(26(9-2)23(4)5)27(10-3)24(6)7/h19-20,23-25H,8-18,21-22H2,1-7H3. The second-order valence-electron chi connectivity index (χ2n) is 8.64. The summed E-state index contributed by atoms with van der Waals surface area (Å²) in [6, 6.07) is 1.21. The van der Waals surface area contributed by atoms with Crippen LogP contribution in [0.1, 0.15) is 119 Å². The van der Waals surface area contributed by atoms with Crippen LogP contribution in [-0.4, -0.2) is 41.1 Å². The third-order valence-corrected chi connectivity index (χ3v) is 5.81. The van der Waals surface area contributed by atoms with E-state index in [0.717, 1.165) is 13.1 Å². The molecule has 27 heavy (non-hydrogen) atoms. The molecule has 0 N–H and O–H groups in total. The van der Waals surface area contributed by atoms with Crippen LogP contribution in [0.2, 0.25) is 0 Å². The molecule has 0 aliphatic rings. The van der Waals surface area contributed by atoms with E-state index >= 15 is 0 Å². The molecule has 0 amide bonds. The number of nitrogens with zero attached hydrogens (tertiary/aromatic N) is 2. The fourth-order valence-corrected chi connectivity index (χ4v) is 4.24. The summed E-state index contributed by atoms with van der Waals surface area (Å²) >= 11 is 0. The van der Waals surface area contributed by atoms with Crippen LogP contribution in [0.5, 0.6) is 0 Å². The first-order chi connectivity index (χ1) is 13.0. The second-order valence-corrected chi connectivity index (χ2v) is 8.64. The number of hydrogen-bond acceptors (Lipinski definition) is 2. The zero-order valence-corrected chi connectivity index (χ0v) is 20.0. The first-order valence-corrected chi connectivity index (χ1v) is 12.2. The van der Waals surface area contributed by atoms with Crippen LogP contribution < -0.4 is 0 Å². The maximum absolute atomic E-state index is 2.66. The van der Waals surface area contributed by atoms with Gasteiger partial charge in [-0.3, -0.25) is 9.80 Å². The monoisotopic (exact) mass is 380 g/mol. The molecule has 0 heterocycles. The van der Waals surface area contributed by atoms with Crippen LogP contribution in [-0.2, 0) is 0 Å². The summed E-state index contributed by atoms with van der Waals surface area (Å²) in [5.41, 5.74) is 0. The molecule has 0 rings (SSSR count). The fraction of sp³-hybridized carbons (Fsp3) is 0.920. The predicted octanol–water partition coefficient (Wildman–Crippen LogP) is 7.64. The van der Waals surface area contributed by atoms with Gasteiger partial charge < -0.3 is 0 Å². The van der Waals surface area contributed by atoms with E-state index in [4.69, 9.17) is 0 Å². The Bertz CT molecular complexity index is 319. The summed E-state index contributed by atoms with van der Waals surface area (Å²) < 4.78 is 0. The van der Waals surface area contributed by atoms with Crippen molar-refractivity contribution in [2.75, 3.05) is 13.1 Å². The SMILES string of the molecule is CCCCCCCCCCC=CCCC(N(CC)C(C)C)N(CC)C(C)C. The predicted molar refractivity (Wildman–Crippen MR) is 124 cm³/mol. The van der Waals surface area contributed by atoms with E-state index in [1.165, 1.54) is 70.6 Å². The maximum atomic E-state index is 2.66. The van der Waals surface area contributed by atoms with Crippen molar-refractivity contribution >= 4 is 0 Å². The van der Waals surface area contributed by atoms with E-state index in [2.05, 4.69) is 70.4 Å². The zero-order chi connectivity index (χ0) is 20.5. The van der Waals surface area contributed by atoms with E-state index in [1.54, 1.807) is 0 Å². The molecular formula is C25H52N2. The molecule has 0 saturated heterocycles. The summed E-state index contributed by atoms with van der Waals surface area (Å²) in [5.74, 6) is 0. The summed E-state index contributed by atoms with van der Waals surface area (Å²) in [4.78, 5) is 5.33. The highest BCUT2D eigenvalue weighted by Gasteiger charge is 2.26. The highest BCUT2D eigenvalue weighted by molar-refractivity contribution is 4.85. The van der Waals surface area contributed by atoms with Crippen molar-refractivity contribution in [2.24, 2.45) is 0 Å². The molecule has 0 aromatic heterocycles. The van der Waals surface area contributed by atoms with Gasteiger partial charge in [0.1, 0.15) is 0 Å². The van der Waals surface area contributed by atoms with Crippen LogP contribution in [0.3, 0.4) is 0 Å². The third kappa shape index (κ3) is 12.7. The van der Waals surface area contributed by atoms with Gasteiger partial charge in [-0.05, 0) is 66.5 Å². The van der Waals surface area contributed by atoms with E-state index in [1.807, 2.05) is 0 Å². The molecule has 0 unspecified atom stereocenters. The van der Waals surface area contributed by atoms with Crippen LogP contribution in [0.15, 0.2) is 12.2 Å². The fourth-order valence-electron chi connectivity index (χ4n) is 4.24. The Morgan fingerprint density at radius 3 is 1.48 bits per heavy atom. The maximum Gasteiger partial charge on any atom is 0.0629 e. The van der Waals surface area contributed by atoms with Crippen LogP contribution in [0.4, 0.5) is 0 Å². The van der Waals surface area contributed by atoms with Crippen LogP contribution >= 0.6 is 0 Å². The highest BCUT2D eigenvalue weighted by Crippen LogP contribution is 2.19. The summed E-state index contributed by atoms with van der Waals surface area (Å²) in [5, 5.41) is 0. The quantitative estimate of drug-likeness (QED) is 0.137. The molecule has 2 nitrogen and oxygen atoms in total. The van der Waals surface area contributed by atoms with Crippen molar-refractivity contribution in [1.29, 1.82) is 0 Å². The summed E-state index contributed by atoms with van der Waals surface area (Å²) in [6.45, 7) is 18.5. The molecular weight excluding hydrogens is 328 g/mol. The smallest absolute Gasteiger partial charge is 0.0629 e. The molecule has 0 aromatic rings. The van der Waals surface area contributed by atoms with Crippen molar-refractivity contribution in [3.63, 3.8) is 0 Å². The van der Waals surface area contributed by atoms with E-state index < -0.39 is 0 Å². The highest BCUT2D eigenvalue weighted by atomic mass is 15.4. The Morgan fingerprint density at radius 2 is 1.04 bits per heavy atom. The van der Waals surface area contributed by atoms with Gasteiger partial charge in [-0.2, -0.15) is 0 Å². The van der Waals surface area contributed by atoms with Crippen molar-refractivity contribution in [3.8, 4) is 0 Å². The Balaban J connectivity index is 4.16. The van der Waals surface area contributed by atoms with Crippen LogP contribution in [0, 0.1) is 0 Å². The van der Waals surface area contributed by atoms with Gasteiger partial charge in [0.25, 0.3) is 0 Å². The lowest BCUT2D eigenvalue weighted by Gasteiger charge is -2.43. The van der Waals surface area contributed by atoms with Gasteiger partial charge in [-0.1, -0.05) is 77.9 Å². The van der Waals surface area contributed by atoms with Gasteiger partial charge in [-0.15, -0.1) is 0 Å². The molecule has 0 spiro atoms. The minimum Gasteiger partial charge on any atom is -0.286 e. The average molecular weight is 381 g/mol. The average Bonchev–Trinajstić information content (AvgIpc) is 2.62. The molecule has 0 bridgehead atoms. The minimum atomic E-state index is 0.563. The van der Waals surface area contributed by atoms with Gasteiger partial charge in [0.15, 0.2) is 0 Å². The summed E-state index contributed by atoms with van der Waals surface area (Å²) in [7, 11) is 0. The van der Waals surface area contributed by atoms with E-state index in [-0.39, 0.29) is 0 Å². The topological polar surface area (TPSA) is 6.48 Å². The molecule has 162 valence electrons. The second kappa shape index (κ2) is 17.7. The van der Waals surface area contributed by atoms with Gasteiger partial charge >= 0.3 is 0 Å². The lowest BCUT2D eigenvalue weighted by molar-refractivity contribution is 0.00372. The Morgan fingerprint density at radius 1 is 0.593 bits per heavy atom. The van der Waals surface area contributed by atoms with Crippen molar-refractivity contribution in [2.45, 2.75) is 137 Å². The molecule has 0 aliphatic heterocycles. The molecule has 0 aromatic carbocycles. The number of allylic oxidation sites excluding steroid dienone is 2. The zero-order valence-electron chi connectivity index (χ0n) is 20.0. The number of hydrogen-bond donors (Lipinski definition) is 0. The molecule has 0 radical (unpaired) electrons. The largest absolute Gasteiger partial charge is 0.286 e. The van der Waals surface area contributed by atoms with Crippen molar-refractivity contribution in [1.82, 2.24) is 9.80 Å². The van der Waals surface area contributed by atoms with Crippen molar-refractivity contribution < 1.29 is 0 Å². The molecule has 0 atom stereocenters. The first kappa shape index (κ1) is 26.7. The Labute approximate surface area is 172 Å². The molecule has 0 saturated carbocycles. The molecule has 2 heteroatoms. The Hall–Kier alpha value is -0.340.